The van der Waals surface area contributed by atoms with Crippen molar-refractivity contribution in [2.75, 3.05) is 47.6 Å². The Morgan fingerprint density at radius 3 is 1.44 bits per heavy atom. The molecule has 1 aromatic carbocycles. The highest BCUT2D eigenvalue weighted by Crippen LogP contribution is 2.18. The molecule has 0 radical (unpaired) electrons. The molecule has 0 aliphatic rings. The Hall–Kier alpha value is -4.12. The molecule has 0 fully saturated rings. The molecule has 2 heterocycles. The average Bonchev–Trinajstić information content (AvgIpc) is 2.81. The van der Waals surface area contributed by atoms with Gasteiger partial charge < -0.3 is 41.7 Å². The second-order valence-electron chi connectivity index (χ2n) is 6.91. The van der Waals surface area contributed by atoms with Crippen molar-refractivity contribution in [3.05, 3.63) is 45.2 Å². The van der Waals surface area contributed by atoms with Crippen LogP contribution in [0.15, 0.2) is 33.9 Å². The van der Waals surface area contributed by atoms with E-state index in [9.17, 15) is 19.8 Å². The number of nitrogens with zero attached hydrogens (tertiary/aromatic N) is 4. The number of anilines is 6. The molecule has 182 valence electrons. The molecule has 2 unspecified atom stereocenters. The van der Waals surface area contributed by atoms with Crippen LogP contribution in [0.4, 0.5) is 35.2 Å². The molecule has 0 saturated carbocycles. The minimum Gasteiger partial charge on any atom is -0.394 e. The Kier molecular flexibility index (Phi) is 8.41. The molecule has 0 aliphatic heterocycles. The molecule has 0 saturated heterocycles. The summed E-state index contributed by atoms with van der Waals surface area (Å²) in [6, 6.07) is 6.67. The average molecular weight is 476 g/mol. The Labute approximate surface area is 191 Å². The Morgan fingerprint density at radius 1 is 0.706 bits per heavy atom. The highest BCUT2D eigenvalue weighted by Gasteiger charge is 2.08. The summed E-state index contributed by atoms with van der Waals surface area (Å²) in [4.78, 5) is 43.8. The van der Waals surface area contributed by atoms with Crippen LogP contribution in [0.3, 0.4) is 0 Å². The van der Waals surface area contributed by atoms with E-state index >= 15 is 0 Å². The first-order chi connectivity index (χ1) is 16.3. The van der Waals surface area contributed by atoms with E-state index < -0.39 is 36.8 Å². The molecule has 0 amide bonds. The molecule has 2 atom stereocenters. The van der Waals surface area contributed by atoms with Gasteiger partial charge in [-0.15, -0.1) is 0 Å². The van der Waals surface area contributed by atoms with Crippen LogP contribution >= 0.6 is 0 Å². The van der Waals surface area contributed by atoms with E-state index in [4.69, 9.17) is 10.2 Å². The SMILES string of the molecule is O=c1nc(NCC(O)CO)nc(Nc2ccc(Nc3nc(NCC(O)CO)nc(=O)[nH]3)cc2)[nH]1. The number of nitrogens with one attached hydrogen (secondary N) is 6. The third-order valence-corrected chi connectivity index (χ3v) is 4.12. The van der Waals surface area contributed by atoms with Gasteiger partial charge in [-0.25, -0.2) is 9.59 Å². The zero-order chi connectivity index (χ0) is 24.5. The van der Waals surface area contributed by atoms with Gasteiger partial charge in [0.15, 0.2) is 0 Å². The second kappa shape index (κ2) is 11.7. The fourth-order valence-electron chi connectivity index (χ4n) is 2.50. The predicted octanol–water partition coefficient (Wildman–Crippen LogP) is -2.34. The van der Waals surface area contributed by atoms with Crippen molar-refractivity contribution in [2.24, 2.45) is 0 Å². The van der Waals surface area contributed by atoms with Gasteiger partial charge >= 0.3 is 11.4 Å². The first-order valence-corrected chi connectivity index (χ1v) is 10.0. The van der Waals surface area contributed by atoms with Crippen molar-refractivity contribution in [3.63, 3.8) is 0 Å². The maximum absolute atomic E-state index is 11.7. The number of rotatable bonds is 12. The largest absolute Gasteiger partial charge is 0.394 e. The van der Waals surface area contributed by atoms with Crippen LogP contribution < -0.4 is 32.6 Å². The first-order valence-electron chi connectivity index (χ1n) is 10.0. The molecular formula is C18H24N10O6. The van der Waals surface area contributed by atoms with Gasteiger partial charge in [0, 0.05) is 24.5 Å². The van der Waals surface area contributed by atoms with Crippen LogP contribution in [0.25, 0.3) is 0 Å². The zero-order valence-electron chi connectivity index (χ0n) is 17.7. The fraction of sp³-hybridized carbons (Fsp3) is 0.333. The van der Waals surface area contributed by atoms with Gasteiger partial charge in [-0.05, 0) is 24.3 Å². The smallest absolute Gasteiger partial charge is 0.351 e. The minimum absolute atomic E-state index is 0.0272. The summed E-state index contributed by atoms with van der Waals surface area (Å²) in [6.07, 6.45) is -2.05. The van der Waals surface area contributed by atoms with E-state index in [-0.39, 0.29) is 36.9 Å². The lowest BCUT2D eigenvalue weighted by Crippen LogP contribution is -2.26. The minimum atomic E-state index is -1.02. The summed E-state index contributed by atoms with van der Waals surface area (Å²) in [5.41, 5.74) is -0.198. The molecule has 2 aromatic heterocycles. The van der Waals surface area contributed by atoms with Crippen LogP contribution in [-0.4, -0.2) is 88.8 Å². The molecule has 3 aromatic rings. The van der Waals surface area contributed by atoms with E-state index in [1.165, 1.54) is 0 Å². The van der Waals surface area contributed by atoms with Gasteiger partial charge in [0.25, 0.3) is 0 Å². The zero-order valence-corrected chi connectivity index (χ0v) is 17.7. The van der Waals surface area contributed by atoms with E-state index in [1.807, 2.05) is 0 Å². The Balaban J connectivity index is 1.65. The lowest BCUT2D eigenvalue weighted by Gasteiger charge is -2.11. The summed E-state index contributed by atoms with van der Waals surface area (Å²) in [7, 11) is 0. The number of aliphatic hydroxyl groups excluding tert-OH is 4. The molecule has 0 spiro atoms. The van der Waals surface area contributed by atoms with Crippen LogP contribution in [0.1, 0.15) is 0 Å². The van der Waals surface area contributed by atoms with E-state index in [0.717, 1.165) is 0 Å². The second-order valence-corrected chi connectivity index (χ2v) is 6.91. The first kappa shape index (κ1) is 24.5. The summed E-state index contributed by atoms with van der Waals surface area (Å²) < 4.78 is 0. The highest BCUT2D eigenvalue weighted by atomic mass is 16.3. The number of hydrogen-bond acceptors (Lipinski definition) is 14. The third-order valence-electron chi connectivity index (χ3n) is 4.12. The molecule has 0 bridgehead atoms. The summed E-state index contributed by atoms with van der Waals surface area (Å²) in [5, 5.41) is 47.6. The number of aromatic nitrogens is 6. The molecular weight excluding hydrogens is 452 g/mol. The van der Waals surface area contributed by atoms with Gasteiger partial charge in [0.1, 0.15) is 0 Å². The Morgan fingerprint density at radius 2 is 1.09 bits per heavy atom. The van der Waals surface area contributed by atoms with E-state index in [0.29, 0.717) is 11.4 Å². The number of aromatic amines is 2. The maximum Gasteiger partial charge on any atom is 0.351 e. The number of aliphatic hydroxyl groups is 4. The van der Waals surface area contributed by atoms with Crippen molar-refractivity contribution in [3.8, 4) is 0 Å². The number of benzene rings is 1. The normalized spacial score (nSPS) is 12.6. The van der Waals surface area contributed by atoms with Crippen LogP contribution in [0, 0.1) is 0 Å². The highest BCUT2D eigenvalue weighted by molar-refractivity contribution is 5.61. The fourth-order valence-corrected chi connectivity index (χ4v) is 2.50. The number of hydrogen-bond donors (Lipinski definition) is 10. The van der Waals surface area contributed by atoms with Gasteiger partial charge in [-0.2, -0.15) is 19.9 Å². The molecule has 3 rings (SSSR count). The standard InChI is InChI=1S/C18H24N10O6/c29-7-11(31)5-19-13-23-15(27-17(33)25-13)21-9-1-2-10(4-3-9)22-16-24-14(26-18(34)28-16)20-6-12(32)8-30/h1-4,11-12,29-32H,5-8H2,(H3,19,21,23,25,27,33)(H3,20,22,24,26,28,34). The lowest BCUT2D eigenvalue weighted by atomic mass is 10.3. The molecule has 16 heteroatoms. The van der Waals surface area contributed by atoms with E-state index in [2.05, 4.69) is 51.2 Å². The van der Waals surface area contributed by atoms with Crippen molar-refractivity contribution in [1.29, 1.82) is 0 Å². The van der Waals surface area contributed by atoms with Crippen molar-refractivity contribution >= 4 is 35.2 Å². The Bertz CT molecular complexity index is 1090. The van der Waals surface area contributed by atoms with Crippen molar-refractivity contribution < 1.29 is 20.4 Å². The topological polar surface area (TPSA) is 246 Å². The van der Waals surface area contributed by atoms with Crippen LogP contribution in [0.5, 0.6) is 0 Å². The molecule has 10 N–H and O–H groups in total. The molecule has 34 heavy (non-hydrogen) atoms. The monoisotopic (exact) mass is 476 g/mol. The third kappa shape index (κ3) is 7.48. The molecule has 16 nitrogen and oxygen atoms in total. The van der Waals surface area contributed by atoms with Gasteiger partial charge in [0.05, 0.1) is 25.4 Å². The summed E-state index contributed by atoms with van der Waals surface area (Å²) >= 11 is 0. The molecule has 0 aliphatic carbocycles. The van der Waals surface area contributed by atoms with E-state index in [1.54, 1.807) is 24.3 Å². The van der Waals surface area contributed by atoms with Crippen molar-refractivity contribution in [2.45, 2.75) is 12.2 Å². The number of H-pyrrole nitrogens is 2. The van der Waals surface area contributed by atoms with Crippen LogP contribution in [0.2, 0.25) is 0 Å². The maximum atomic E-state index is 11.7. The van der Waals surface area contributed by atoms with Gasteiger partial charge in [-0.3, -0.25) is 9.97 Å². The van der Waals surface area contributed by atoms with Crippen LogP contribution in [-0.2, 0) is 0 Å². The summed E-state index contributed by atoms with van der Waals surface area (Å²) in [6.45, 7) is -0.973. The van der Waals surface area contributed by atoms with Gasteiger partial charge in [0.2, 0.25) is 23.8 Å². The quantitative estimate of drug-likeness (QED) is 0.132. The summed E-state index contributed by atoms with van der Waals surface area (Å²) in [5.74, 6) is 0.145. The van der Waals surface area contributed by atoms with Crippen molar-refractivity contribution in [1.82, 2.24) is 29.9 Å². The van der Waals surface area contributed by atoms with Gasteiger partial charge in [-0.1, -0.05) is 0 Å². The lowest BCUT2D eigenvalue weighted by molar-refractivity contribution is 0.105. The predicted molar refractivity (Wildman–Crippen MR) is 121 cm³/mol.